The molecule has 6 nitrogen and oxygen atoms in total. The second-order valence-corrected chi connectivity index (χ2v) is 10.6. The predicted octanol–water partition coefficient (Wildman–Crippen LogP) is 4.49. The maximum Gasteiger partial charge on any atom is 0.264 e. The Kier molecular flexibility index (Phi) is 7.24. The van der Waals surface area contributed by atoms with E-state index in [0.29, 0.717) is 5.69 Å². The highest BCUT2D eigenvalue weighted by Gasteiger charge is 2.27. The molecule has 0 atom stereocenters. The van der Waals surface area contributed by atoms with Crippen LogP contribution in [-0.2, 0) is 14.8 Å². The molecule has 156 valence electrons. The molecular weight excluding hydrogens is 454 g/mol. The Hall–Kier alpha value is -2.19. The van der Waals surface area contributed by atoms with Crippen LogP contribution in [0, 0.1) is 12.3 Å². The summed E-state index contributed by atoms with van der Waals surface area (Å²) in [5.74, 6) is -0.521. The number of hydrazone groups is 1. The summed E-state index contributed by atoms with van der Waals surface area (Å²) in [6.45, 7) is 9.25. The first-order chi connectivity index (χ1) is 13.4. The van der Waals surface area contributed by atoms with Crippen LogP contribution in [0.5, 0.6) is 0 Å². The second-order valence-electron chi connectivity index (χ2n) is 7.78. The Morgan fingerprint density at radius 1 is 1.07 bits per heavy atom. The number of nitrogens with zero attached hydrogens (tertiary/aromatic N) is 2. The highest BCUT2D eigenvalue weighted by molar-refractivity contribution is 9.10. The van der Waals surface area contributed by atoms with Gasteiger partial charge in [0.15, 0.2) is 0 Å². The molecule has 0 bridgehead atoms. The van der Waals surface area contributed by atoms with Gasteiger partial charge in [-0.2, -0.15) is 5.10 Å². The van der Waals surface area contributed by atoms with Crippen LogP contribution in [0.3, 0.4) is 0 Å². The molecular formula is C21H26BrN3O3S. The Bertz CT molecular complexity index is 993. The topological polar surface area (TPSA) is 78.8 Å². The minimum absolute atomic E-state index is 0.119. The smallest absolute Gasteiger partial charge is 0.264 e. The molecule has 8 heteroatoms. The quantitative estimate of drug-likeness (QED) is 0.489. The molecule has 0 radical (unpaired) electrons. The van der Waals surface area contributed by atoms with E-state index in [1.54, 1.807) is 36.4 Å². The number of hydrogen-bond donors (Lipinski definition) is 1. The zero-order chi connectivity index (χ0) is 21.8. The van der Waals surface area contributed by atoms with Gasteiger partial charge >= 0.3 is 0 Å². The van der Waals surface area contributed by atoms with Crippen LogP contribution in [0.15, 0.2) is 63.0 Å². The average Bonchev–Trinajstić information content (AvgIpc) is 2.64. The third kappa shape index (κ3) is 6.14. The fourth-order valence-electron chi connectivity index (χ4n) is 2.24. The van der Waals surface area contributed by atoms with Crippen molar-refractivity contribution >= 4 is 43.3 Å². The monoisotopic (exact) mass is 479 g/mol. The summed E-state index contributed by atoms with van der Waals surface area (Å²) in [4.78, 5) is 12.6. The predicted molar refractivity (Wildman–Crippen MR) is 121 cm³/mol. The summed E-state index contributed by atoms with van der Waals surface area (Å²) in [5.41, 5.74) is 4.34. The molecule has 2 rings (SSSR count). The molecule has 2 aromatic carbocycles. The fourth-order valence-corrected chi connectivity index (χ4v) is 3.92. The largest absolute Gasteiger partial charge is 0.271 e. The van der Waals surface area contributed by atoms with Gasteiger partial charge < -0.3 is 0 Å². The molecule has 1 amide bonds. The van der Waals surface area contributed by atoms with Crippen molar-refractivity contribution in [2.45, 2.75) is 39.5 Å². The van der Waals surface area contributed by atoms with Crippen molar-refractivity contribution in [3.63, 3.8) is 0 Å². The standard InChI is InChI=1S/C21H26BrN3O3S/c1-15-6-12-19(13-7-15)29(27,28)25(18-10-8-17(22)9-11-18)14-20(26)24-23-16(2)21(3,4)5/h6-13H,14H2,1-5H3,(H,24,26)/b23-16-. The number of carbonyl (C=O) groups excluding carboxylic acids is 1. The third-order valence-corrected chi connectivity index (χ3v) is 6.76. The molecule has 0 heterocycles. The van der Waals surface area contributed by atoms with Gasteiger partial charge in [-0.05, 0) is 50.2 Å². The number of sulfonamides is 1. The van der Waals surface area contributed by atoms with Gasteiger partial charge in [-0.3, -0.25) is 9.10 Å². The van der Waals surface area contributed by atoms with Crippen LogP contribution in [0.4, 0.5) is 5.69 Å². The van der Waals surface area contributed by atoms with E-state index in [4.69, 9.17) is 0 Å². The van der Waals surface area contributed by atoms with Crippen molar-refractivity contribution in [2.75, 3.05) is 10.8 Å². The van der Waals surface area contributed by atoms with E-state index in [9.17, 15) is 13.2 Å². The zero-order valence-electron chi connectivity index (χ0n) is 17.2. The Morgan fingerprint density at radius 2 is 1.62 bits per heavy atom. The maximum atomic E-state index is 13.3. The first-order valence-corrected chi connectivity index (χ1v) is 11.3. The number of aryl methyl sites for hydroxylation is 1. The number of benzene rings is 2. The van der Waals surface area contributed by atoms with Crippen molar-refractivity contribution < 1.29 is 13.2 Å². The van der Waals surface area contributed by atoms with Gasteiger partial charge in [0, 0.05) is 15.6 Å². The van der Waals surface area contributed by atoms with Gasteiger partial charge in [-0.1, -0.05) is 54.4 Å². The van der Waals surface area contributed by atoms with Gasteiger partial charge in [-0.15, -0.1) is 0 Å². The summed E-state index contributed by atoms with van der Waals surface area (Å²) in [5, 5.41) is 4.11. The SMILES string of the molecule is C/C(=N/NC(=O)CN(c1ccc(Br)cc1)S(=O)(=O)c1ccc(C)cc1)C(C)(C)C. The number of halogens is 1. The van der Waals surface area contributed by atoms with Crippen molar-refractivity contribution in [3.05, 3.63) is 58.6 Å². The normalized spacial score (nSPS) is 12.6. The third-order valence-electron chi connectivity index (χ3n) is 4.44. The van der Waals surface area contributed by atoms with Crippen LogP contribution >= 0.6 is 15.9 Å². The first-order valence-electron chi connectivity index (χ1n) is 9.10. The van der Waals surface area contributed by atoms with Gasteiger partial charge in [-0.25, -0.2) is 13.8 Å². The summed E-state index contributed by atoms with van der Waals surface area (Å²) in [6, 6.07) is 13.3. The number of anilines is 1. The van der Waals surface area contributed by atoms with Gasteiger partial charge in [0.25, 0.3) is 15.9 Å². The summed E-state index contributed by atoms with van der Waals surface area (Å²) >= 11 is 3.34. The lowest BCUT2D eigenvalue weighted by Gasteiger charge is -2.24. The van der Waals surface area contributed by atoms with E-state index in [2.05, 4.69) is 26.5 Å². The lowest BCUT2D eigenvalue weighted by atomic mass is 9.91. The van der Waals surface area contributed by atoms with Crippen molar-refractivity contribution in [1.29, 1.82) is 0 Å². The molecule has 0 aliphatic heterocycles. The van der Waals surface area contributed by atoms with Gasteiger partial charge in [0.2, 0.25) is 0 Å². The maximum absolute atomic E-state index is 13.3. The van der Waals surface area contributed by atoms with E-state index in [-0.39, 0.29) is 10.3 Å². The van der Waals surface area contributed by atoms with E-state index in [1.807, 2.05) is 34.6 Å². The molecule has 0 saturated carbocycles. The first kappa shape index (κ1) is 23.1. The lowest BCUT2D eigenvalue weighted by molar-refractivity contribution is -0.119. The number of amides is 1. The molecule has 0 fully saturated rings. The molecule has 2 aromatic rings. The average molecular weight is 480 g/mol. The molecule has 0 spiro atoms. The van der Waals surface area contributed by atoms with E-state index in [1.165, 1.54) is 12.1 Å². The minimum atomic E-state index is -3.94. The Morgan fingerprint density at radius 3 is 2.14 bits per heavy atom. The summed E-state index contributed by atoms with van der Waals surface area (Å²) in [6.07, 6.45) is 0. The summed E-state index contributed by atoms with van der Waals surface area (Å²) < 4.78 is 28.4. The summed E-state index contributed by atoms with van der Waals surface area (Å²) in [7, 11) is -3.94. The minimum Gasteiger partial charge on any atom is -0.271 e. The lowest BCUT2D eigenvalue weighted by Crippen LogP contribution is -2.40. The molecule has 1 N–H and O–H groups in total. The van der Waals surface area contributed by atoms with Gasteiger partial charge in [0.05, 0.1) is 10.6 Å². The second kappa shape index (κ2) is 9.09. The van der Waals surface area contributed by atoms with Crippen LogP contribution in [0.1, 0.15) is 33.3 Å². The van der Waals surface area contributed by atoms with E-state index in [0.717, 1.165) is 20.1 Å². The number of rotatable bonds is 6. The number of carbonyl (C=O) groups is 1. The van der Waals surface area contributed by atoms with Crippen LogP contribution in [0.2, 0.25) is 0 Å². The van der Waals surface area contributed by atoms with Crippen LogP contribution in [-0.4, -0.2) is 26.6 Å². The fraction of sp³-hybridized carbons (Fsp3) is 0.333. The number of nitrogens with one attached hydrogen (secondary N) is 1. The molecule has 0 aliphatic carbocycles. The van der Waals surface area contributed by atoms with E-state index < -0.39 is 22.5 Å². The zero-order valence-corrected chi connectivity index (χ0v) is 19.6. The van der Waals surface area contributed by atoms with E-state index >= 15 is 0 Å². The number of hydrogen-bond acceptors (Lipinski definition) is 4. The van der Waals surface area contributed by atoms with Crippen molar-refractivity contribution in [1.82, 2.24) is 5.43 Å². The Labute approximate surface area is 181 Å². The van der Waals surface area contributed by atoms with Crippen LogP contribution in [0.25, 0.3) is 0 Å². The highest BCUT2D eigenvalue weighted by Crippen LogP contribution is 2.25. The van der Waals surface area contributed by atoms with Crippen molar-refractivity contribution in [3.8, 4) is 0 Å². The molecule has 0 saturated heterocycles. The molecule has 0 aliphatic rings. The molecule has 0 unspecified atom stereocenters. The van der Waals surface area contributed by atoms with Crippen LogP contribution < -0.4 is 9.73 Å². The molecule has 0 aromatic heterocycles. The Balaban J connectivity index is 2.37. The molecule has 29 heavy (non-hydrogen) atoms. The van der Waals surface area contributed by atoms with Gasteiger partial charge in [0.1, 0.15) is 6.54 Å². The van der Waals surface area contributed by atoms with Crippen molar-refractivity contribution in [2.24, 2.45) is 10.5 Å². The highest BCUT2D eigenvalue weighted by atomic mass is 79.9.